The Morgan fingerprint density at radius 3 is 2.47 bits per heavy atom. The Kier molecular flexibility index (Phi) is 8.70. The van der Waals surface area contributed by atoms with Gasteiger partial charge in [-0.2, -0.15) is 5.10 Å². The third-order valence-electron chi connectivity index (χ3n) is 8.02. The van der Waals surface area contributed by atoms with Crippen LogP contribution in [0.2, 0.25) is 5.02 Å². The van der Waals surface area contributed by atoms with Gasteiger partial charge in [-0.3, -0.25) is 4.98 Å². The summed E-state index contributed by atoms with van der Waals surface area (Å²) in [5.74, 6) is 2.16. The fraction of sp³-hybridized carbons (Fsp3) is 0.483. The Morgan fingerprint density at radius 1 is 1.03 bits per heavy atom. The van der Waals surface area contributed by atoms with Gasteiger partial charge in [0, 0.05) is 31.3 Å². The minimum atomic E-state index is 0. The van der Waals surface area contributed by atoms with Crippen molar-refractivity contribution < 1.29 is 4.74 Å². The molecule has 0 amide bonds. The van der Waals surface area contributed by atoms with Crippen LogP contribution < -0.4 is 10.2 Å². The molecule has 1 aliphatic heterocycles. The average Bonchev–Trinajstić information content (AvgIpc) is 3.51. The highest BCUT2D eigenvalue weighted by atomic mass is 35.5. The van der Waals surface area contributed by atoms with E-state index in [0.29, 0.717) is 10.4 Å². The molecule has 1 spiro atoms. The highest BCUT2D eigenvalue weighted by Gasteiger charge is 2.42. The van der Waals surface area contributed by atoms with Gasteiger partial charge in [0.2, 0.25) is 0 Å². The van der Waals surface area contributed by atoms with Crippen LogP contribution in [-0.2, 0) is 4.74 Å². The highest BCUT2D eigenvalue weighted by Crippen LogP contribution is 2.52. The lowest BCUT2D eigenvalue weighted by Crippen LogP contribution is -2.40. The van der Waals surface area contributed by atoms with Gasteiger partial charge in [-0.05, 0) is 89.2 Å². The molecule has 2 aliphatic carbocycles. The molecule has 0 aromatic carbocycles. The number of aromatic nitrogens is 4. The summed E-state index contributed by atoms with van der Waals surface area (Å²) in [5.41, 5.74) is 8.21. The molecule has 38 heavy (non-hydrogen) atoms. The third kappa shape index (κ3) is 5.16. The van der Waals surface area contributed by atoms with Crippen molar-refractivity contribution in [2.75, 3.05) is 39.2 Å². The maximum absolute atomic E-state index is 6.64. The molecule has 6 rings (SSSR count). The zero-order chi connectivity index (χ0) is 26.2. The molecule has 0 atom stereocenters. The van der Waals surface area contributed by atoms with E-state index in [1.165, 1.54) is 31.3 Å². The second-order valence-electron chi connectivity index (χ2n) is 10.5. The van der Waals surface area contributed by atoms with Crippen molar-refractivity contribution in [2.45, 2.75) is 52.4 Å². The van der Waals surface area contributed by atoms with Crippen LogP contribution in [0.15, 0.2) is 47.5 Å². The number of ether oxygens (including phenoxy) is 1. The Balaban J connectivity index is 0.000000804. The standard InChI is InChI=1S/C27H30ClN5O.C2H7N.ClH/c1-17-24(28)22(6-10-29-17)25-18(2)31-26(23-7-11-30-33(23)25)32-12-8-27(9-13-32)15-19-4-5-21(34-3)14-20(19)16-27;1-3-2;/h6-7,10-11,14H,4-5,8-9,12-13,15-16H2,1-3H3;3H,1-2H3;1H. The third-order valence-corrected chi connectivity index (χ3v) is 8.50. The summed E-state index contributed by atoms with van der Waals surface area (Å²) in [6, 6.07) is 4.01. The molecule has 1 fully saturated rings. The van der Waals surface area contributed by atoms with Crippen LogP contribution in [0.1, 0.15) is 49.9 Å². The lowest BCUT2D eigenvalue weighted by Gasteiger charge is -2.40. The molecule has 0 saturated carbocycles. The zero-order valence-electron chi connectivity index (χ0n) is 23.0. The number of methoxy groups -OCH3 is 1. The maximum Gasteiger partial charge on any atom is 0.155 e. The first kappa shape index (κ1) is 28.4. The predicted molar refractivity (Wildman–Crippen MR) is 157 cm³/mol. The number of aryl methyl sites for hydroxylation is 2. The number of anilines is 1. The first-order valence-electron chi connectivity index (χ1n) is 13.1. The summed E-state index contributed by atoms with van der Waals surface area (Å²) < 4.78 is 7.54. The minimum absolute atomic E-state index is 0. The molecule has 4 heterocycles. The monoisotopic (exact) mass is 556 g/mol. The average molecular weight is 558 g/mol. The van der Waals surface area contributed by atoms with Crippen LogP contribution in [0, 0.1) is 19.3 Å². The number of rotatable bonds is 3. The van der Waals surface area contributed by atoms with Crippen molar-refractivity contribution in [3.8, 4) is 11.3 Å². The van der Waals surface area contributed by atoms with Gasteiger partial charge in [0.15, 0.2) is 5.82 Å². The topological polar surface area (TPSA) is 67.6 Å². The smallest absolute Gasteiger partial charge is 0.155 e. The van der Waals surface area contributed by atoms with Gasteiger partial charge in [-0.15, -0.1) is 12.4 Å². The van der Waals surface area contributed by atoms with E-state index in [1.807, 2.05) is 44.7 Å². The van der Waals surface area contributed by atoms with E-state index in [4.69, 9.17) is 21.3 Å². The van der Waals surface area contributed by atoms with Crippen molar-refractivity contribution in [2.24, 2.45) is 5.41 Å². The second kappa shape index (κ2) is 11.6. The van der Waals surface area contributed by atoms with Crippen LogP contribution >= 0.6 is 24.0 Å². The fourth-order valence-corrected chi connectivity index (χ4v) is 6.36. The first-order valence-corrected chi connectivity index (χ1v) is 13.5. The largest absolute Gasteiger partial charge is 0.501 e. The molecule has 204 valence electrons. The van der Waals surface area contributed by atoms with Crippen LogP contribution in [0.25, 0.3) is 16.8 Å². The SMILES string of the molecule is CNC.COC1=CC2=C(CC1)CC1(CCN(c3nc(C)c(-c4ccnc(C)c4Cl)n4nccc34)CC1)C2.Cl. The number of nitrogens with zero attached hydrogens (tertiary/aromatic N) is 5. The number of piperidine rings is 1. The van der Waals surface area contributed by atoms with Gasteiger partial charge in [-0.25, -0.2) is 9.50 Å². The maximum atomic E-state index is 6.64. The minimum Gasteiger partial charge on any atom is -0.501 e. The molecule has 0 unspecified atom stereocenters. The van der Waals surface area contributed by atoms with Crippen LogP contribution in [0.5, 0.6) is 0 Å². The van der Waals surface area contributed by atoms with Crippen molar-refractivity contribution in [3.05, 3.63) is 63.9 Å². The number of nitrogens with one attached hydrogen (secondary N) is 1. The lowest BCUT2D eigenvalue weighted by atomic mass is 9.75. The second-order valence-corrected chi connectivity index (χ2v) is 10.9. The van der Waals surface area contributed by atoms with Crippen molar-refractivity contribution in [1.29, 1.82) is 0 Å². The molecule has 9 heteroatoms. The van der Waals surface area contributed by atoms with Gasteiger partial charge in [0.05, 0.1) is 41.2 Å². The van der Waals surface area contributed by atoms with E-state index in [9.17, 15) is 0 Å². The predicted octanol–water partition coefficient (Wildman–Crippen LogP) is 6.32. The van der Waals surface area contributed by atoms with Crippen LogP contribution in [0.4, 0.5) is 5.82 Å². The molecular formula is C29H38Cl2N6O. The Bertz CT molecular complexity index is 1370. The van der Waals surface area contributed by atoms with Crippen LogP contribution in [0.3, 0.4) is 0 Å². The van der Waals surface area contributed by atoms with Gasteiger partial charge < -0.3 is 15.0 Å². The normalized spacial score (nSPS) is 18.1. The summed E-state index contributed by atoms with van der Waals surface area (Å²) in [6.45, 7) is 6.01. The summed E-state index contributed by atoms with van der Waals surface area (Å²) >= 11 is 6.64. The highest BCUT2D eigenvalue weighted by molar-refractivity contribution is 6.33. The van der Waals surface area contributed by atoms with E-state index >= 15 is 0 Å². The van der Waals surface area contributed by atoms with Gasteiger partial charge >= 0.3 is 0 Å². The summed E-state index contributed by atoms with van der Waals surface area (Å²) in [5, 5.41) is 8.07. The number of allylic oxidation sites excluding steroid dienone is 4. The molecule has 1 N–H and O–H groups in total. The molecule has 3 aromatic heterocycles. The fourth-order valence-electron chi connectivity index (χ4n) is 6.15. The summed E-state index contributed by atoms with van der Waals surface area (Å²) in [6.07, 6.45) is 13.0. The summed E-state index contributed by atoms with van der Waals surface area (Å²) in [7, 11) is 5.54. The van der Waals surface area contributed by atoms with Crippen molar-refractivity contribution in [3.63, 3.8) is 0 Å². The van der Waals surface area contributed by atoms with Gasteiger partial charge in [0.25, 0.3) is 0 Å². The van der Waals surface area contributed by atoms with Gasteiger partial charge in [-0.1, -0.05) is 17.2 Å². The molecule has 0 radical (unpaired) electrons. The molecule has 3 aromatic rings. The molecule has 0 bridgehead atoms. The number of fused-ring (bicyclic) bond motifs is 1. The quantitative estimate of drug-likeness (QED) is 0.407. The van der Waals surface area contributed by atoms with E-state index < -0.39 is 0 Å². The molecule has 1 saturated heterocycles. The van der Waals surface area contributed by atoms with E-state index in [-0.39, 0.29) is 12.4 Å². The zero-order valence-corrected chi connectivity index (χ0v) is 24.5. The van der Waals surface area contributed by atoms with Crippen LogP contribution in [-0.4, -0.2) is 53.9 Å². The molecule has 3 aliphatic rings. The lowest BCUT2D eigenvalue weighted by molar-refractivity contribution is 0.231. The molecule has 7 nitrogen and oxygen atoms in total. The Hall–Kier alpha value is -2.61. The number of hydrogen-bond acceptors (Lipinski definition) is 6. The first-order chi connectivity index (χ1) is 17.9. The van der Waals surface area contributed by atoms with E-state index in [0.717, 1.165) is 65.7 Å². The molecular weight excluding hydrogens is 519 g/mol. The van der Waals surface area contributed by atoms with E-state index in [2.05, 4.69) is 32.4 Å². The van der Waals surface area contributed by atoms with Gasteiger partial charge in [0.1, 0.15) is 5.52 Å². The van der Waals surface area contributed by atoms with Crippen molar-refractivity contribution in [1.82, 2.24) is 24.9 Å². The Labute approximate surface area is 236 Å². The van der Waals surface area contributed by atoms with E-state index in [1.54, 1.807) is 18.9 Å². The number of hydrogen-bond donors (Lipinski definition) is 1. The Morgan fingerprint density at radius 2 is 1.76 bits per heavy atom. The number of pyridine rings is 1. The number of halogens is 2. The summed E-state index contributed by atoms with van der Waals surface area (Å²) in [4.78, 5) is 11.9. The van der Waals surface area contributed by atoms with Crippen molar-refractivity contribution >= 4 is 35.3 Å².